The van der Waals surface area contributed by atoms with Gasteiger partial charge in [-0.25, -0.2) is 9.37 Å². The number of phenols is 1. The maximum atomic E-state index is 14.9. The molecule has 0 radical (unpaired) electrons. The number of fused-ring (bicyclic) bond motifs is 4. The Balaban J connectivity index is 1.42. The molecule has 3 fully saturated rings. The van der Waals surface area contributed by atoms with Crippen LogP contribution in [-0.4, -0.2) is 82.6 Å². The van der Waals surface area contributed by atoms with Gasteiger partial charge in [0, 0.05) is 53.3 Å². The lowest BCUT2D eigenvalue weighted by atomic mass is 9.94. The number of aromatic hydroxyl groups is 1. The summed E-state index contributed by atoms with van der Waals surface area (Å²) in [6.07, 6.45) is 14.1. The fourth-order valence-electron chi connectivity index (χ4n) is 6.81. The van der Waals surface area contributed by atoms with Gasteiger partial charge in [0.1, 0.15) is 29.2 Å². The minimum atomic E-state index is -0.484. The third-order valence-corrected chi connectivity index (χ3v) is 9.73. The number of anilines is 1. The summed E-state index contributed by atoms with van der Waals surface area (Å²) >= 11 is 1.52. The Hall–Kier alpha value is -3.65. The lowest BCUT2D eigenvalue weighted by Crippen LogP contribution is -2.51. The Morgan fingerprint density at radius 1 is 1.14 bits per heavy atom. The van der Waals surface area contributed by atoms with Crippen LogP contribution in [0.5, 0.6) is 11.8 Å². The molecule has 0 aliphatic carbocycles. The molecule has 2 bridgehead atoms. The van der Waals surface area contributed by atoms with Crippen molar-refractivity contribution in [2.45, 2.75) is 48.7 Å². The second-order valence-corrected chi connectivity index (χ2v) is 12.3. The first-order valence-corrected chi connectivity index (χ1v) is 15.7. The lowest BCUT2D eigenvalue weighted by Gasteiger charge is -2.34. The summed E-state index contributed by atoms with van der Waals surface area (Å²) in [6.45, 7) is 3.25. The molecule has 8 nitrogen and oxygen atoms in total. The average Bonchev–Trinajstić information content (AvgIpc) is 3.57. The van der Waals surface area contributed by atoms with E-state index in [1.165, 1.54) is 17.8 Å². The molecule has 10 heteroatoms. The molecule has 3 aliphatic heterocycles. The molecule has 3 saturated heterocycles. The third kappa shape index (κ3) is 4.70. The van der Waals surface area contributed by atoms with Crippen LogP contribution in [0.3, 0.4) is 0 Å². The Labute approximate surface area is 248 Å². The highest BCUT2D eigenvalue weighted by Gasteiger charge is 2.34. The summed E-state index contributed by atoms with van der Waals surface area (Å²) in [6, 6.07) is 7.66. The highest BCUT2D eigenvalue weighted by Crippen LogP contribution is 2.43. The van der Waals surface area contributed by atoms with Crippen LogP contribution in [0, 0.1) is 18.2 Å². The zero-order chi connectivity index (χ0) is 29.0. The van der Waals surface area contributed by atoms with Crippen molar-refractivity contribution < 1.29 is 14.2 Å². The van der Waals surface area contributed by atoms with Crippen LogP contribution >= 0.6 is 11.8 Å². The van der Waals surface area contributed by atoms with E-state index in [-0.39, 0.29) is 11.3 Å². The lowest BCUT2D eigenvalue weighted by molar-refractivity contribution is 0.188. The first-order valence-electron chi connectivity index (χ1n) is 14.4. The van der Waals surface area contributed by atoms with Gasteiger partial charge in [-0.05, 0) is 74.7 Å². The number of hydrogen-bond donors (Lipinski definition) is 2. The van der Waals surface area contributed by atoms with Gasteiger partial charge in [-0.15, -0.1) is 18.2 Å². The summed E-state index contributed by atoms with van der Waals surface area (Å²) in [4.78, 5) is 20.3. The molecular weight excluding hydrogens is 551 g/mol. The predicted molar refractivity (Wildman–Crippen MR) is 165 cm³/mol. The number of benzene rings is 2. The molecule has 0 amide bonds. The van der Waals surface area contributed by atoms with Gasteiger partial charge in [-0.1, -0.05) is 12.0 Å². The Bertz CT molecular complexity index is 1730. The van der Waals surface area contributed by atoms with E-state index in [1.807, 2.05) is 6.26 Å². The summed E-state index contributed by atoms with van der Waals surface area (Å²) in [5.74, 6) is 2.86. The Morgan fingerprint density at radius 3 is 2.67 bits per heavy atom. The summed E-state index contributed by atoms with van der Waals surface area (Å²) < 4.78 is 21.2. The predicted octanol–water partition coefficient (Wildman–Crippen LogP) is 4.81. The minimum absolute atomic E-state index is 0.0589. The van der Waals surface area contributed by atoms with Crippen molar-refractivity contribution in [3.63, 3.8) is 0 Å². The van der Waals surface area contributed by atoms with Crippen molar-refractivity contribution in [3.8, 4) is 35.2 Å². The maximum absolute atomic E-state index is 14.9. The summed E-state index contributed by atoms with van der Waals surface area (Å²) in [5, 5.41) is 15.6. The molecule has 216 valence electrons. The number of rotatable bonds is 6. The zero-order valence-electron chi connectivity index (χ0n) is 23.7. The SMILES string of the molecule is C#Cc1c(F)ccc2cc(O)cc(-c3cnc4c(N5CC6CCC(C5)N6)nc(OCC5CCCN5C)nc4c3SC)c12. The van der Waals surface area contributed by atoms with E-state index in [0.717, 1.165) is 56.0 Å². The number of terminal acetylenes is 1. The number of pyridine rings is 1. The van der Waals surface area contributed by atoms with Gasteiger partial charge >= 0.3 is 6.01 Å². The fourth-order valence-corrected chi connectivity index (χ4v) is 7.53. The van der Waals surface area contributed by atoms with Crippen LogP contribution in [-0.2, 0) is 0 Å². The van der Waals surface area contributed by atoms with E-state index in [1.54, 1.807) is 24.4 Å². The number of ether oxygens (including phenoxy) is 1. The van der Waals surface area contributed by atoms with Crippen molar-refractivity contribution in [2.75, 3.05) is 44.4 Å². The molecule has 7 rings (SSSR count). The van der Waals surface area contributed by atoms with E-state index in [0.29, 0.717) is 63.7 Å². The van der Waals surface area contributed by atoms with Crippen LogP contribution in [0.15, 0.2) is 35.4 Å². The zero-order valence-corrected chi connectivity index (χ0v) is 24.5. The van der Waals surface area contributed by atoms with Crippen LogP contribution < -0.4 is 15.0 Å². The van der Waals surface area contributed by atoms with Gasteiger partial charge in [0.05, 0.1) is 5.56 Å². The molecule has 2 aromatic carbocycles. The first-order chi connectivity index (χ1) is 20.4. The number of nitrogens with one attached hydrogen (secondary N) is 1. The molecule has 5 heterocycles. The van der Waals surface area contributed by atoms with Crippen molar-refractivity contribution in [2.24, 2.45) is 0 Å². The van der Waals surface area contributed by atoms with Gasteiger partial charge in [0.15, 0.2) is 5.82 Å². The highest BCUT2D eigenvalue weighted by molar-refractivity contribution is 7.99. The van der Waals surface area contributed by atoms with E-state index < -0.39 is 5.82 Å². The number of thioether (sulfide) groups is 1. The largest absolute Gasteiger partial charge is 0.508 e. The molecule has 42 heavy (non-hydrogen) atoms. The number of hydrogen-bond acceptors (Lipinski definition) is 9. The molecule has 3 atom stereocenters. The van der Waals surface area contributed by atoms with Crippen LogP contribution in [0.2, 0.25) is 0 Å². The molecule has 0 saturated carbocycles. The molecule has 0 spiro atoms. The molecule has 3 aliphatic rings. The molecule has 3 unspecified atom stereocenters. The molecule has 4 aromatic rings. The van der Waals surface area contributed by atoms with Gasteiger partial charge < -0.3 is 25.0 Å². The second kappa shape index (κ2) is 10.9. The van der Waals surface area contributed by atoms with Crippen molar-refractivity contribution in [1.29, 1.82) is 0 Å². The van der Waals surface area contributed by atoms with Crippen LogP contribution in [0.1, 0.15) is 31.2 Å². The molecular formula is C32H33FN6O2S. The second-order valence-electron chi connectivity index (χ2n) is 11.5. The number of aromatic nitrogens is 3. The van der Waals surface area contributed by atoms with Crippen LogP contribution in [0.4, 0.5) is 10.2 Å². The van der Waals surface area contributed by atoms with E-state index in [4.69, 9.17) is 26.1 Å². The Kier molecular flexibility index (Phi) is 7.05. The van der Waals surface area contributed by atoms with Crippen molar-refractivity contribution in [3.05, 3.63) is 41.8 Å². The number of piperazine rings is 1. The van der Waals surface area contributed by atoms with E-state index >= 15 is 0 Å². The quantitative estimate of drug-likeness (QED) is 0.245. The summed E-state index contributed by atoms with van der Waals surface area (Å²) in [5.41, 5.74) is 2.83. The molecule has 2 aromatic heterocycles. The number of likely N-dealkylation sites (tertiary alicyclic amines) is 1. The Morgan fingerprint density at radius 2 is 1.95 bits per heavy atom. The standard InChI is InChI=1S/C32H33FN6O2S/c1-4-23-26(33)10-7-18-12-22(40)13-24(27(18)23)25-14-34-29-28(30(25)42-3)36-32(41-17-21-6-5-11-38(21)2)37-31(29)39-15-19-8-9-20(16-39)35-19/h1,7,10,12-14,19-21,35,40H,5-6,8-9,11,15-17H2,2-3H3. The van der Waals surface area contributed by atoms with Crippen molar-refractivity contribution in [1.82, 2.24) is 25.2 Å². The first kappa shape index (κ1) is 27.2. The topological polar surface area (TPSA) is 86.6 Å². The van der Waals surface area contributed by atoms with E-state index in [9.17, 15) is 9.50 Å². The maximum Gasteiger partial charge on any atom is 0.319 e. The van der Waals surface area contributed by atoms with Gasteiger partial charge in [-0.2, -0.15) is 9.97 Å². The normalized spacial score (nSPS) is 22.2. The number of likely N-dealkylation sites (N-methyl/N-ethyl adjacent to an activating group) is 1. The van der Waals surface area contributed by atoms with Gasteiger partial charge in [0.25, 0.3) is 0 Å². The van der Waals surface area contributed by atoms with E-state index in [2.05, 4.69) is 28.1 Å². The van der Waals surface area contributed by atoms with Gasteiger partial charge in [0.2, 0.25) is 0 Å². The highest BCUT2D eigenvalue weighted by atomic mass is 32.2. The number of phenolic OH excluding ortho intramolecular Hbond substituents is 1. The molecule has 2 N–H and O–H groups in total. The van der Waals surface area contributed by atoms with Crippen molar-refractivity contribution >= 4 is 39.4 Å². The smallest absolute Gasteiger partial charge is 0.319 e. The number of halogens is 1. The average molecular weight is 585 g/mol. The number of nitrogens with zero attached hydrogens (tertiary/aromatic N) is 5. The monoisotopic (exact) mass is 584 g/mol. The fraction of sp³-hybridized carbons (Fsp3) is 0.406. The van der Waals surface area contributed by atoms with Gasteiger partial charge in [-0.3, -0.25) is 0 Å². The van der Waals surface area contributed by atoms with Crippen LogP contribution in [0.25, 0.3) is 32.9 Å². The minimum Gasteiger partial charge on any atom is -0.508 e. The summed E-state index contributed by atoms with van der Waals surface area (Å²) in [7, 11) is 2.12. The third-order valence-electron chi connectivity index (χ3n) is 8.91.